The van der Waals surface area contributed by atoms with Crippen LogP contribution in [-0.2, 0) is 9.59 Å². The van der Waals surface area contributed by atoms with E-state index in [1.165, 1.54) is 57.8 Å². The molecule has 0 amide bonds. The Bertz CT molecular complexity index is 453. The van der Waals surface area contributed by atoms with Crippen LogP contribution in [0.15, 0.2) is 0 Å². The summed E-state index contributed by atoms with van der Waals surface area (Å²) in [6.45, 7) is 2.25. The molecule has 0 bridgehead atoms. The minimum absolute atomic E-state index is 0.122. The number of hydrogen-bond acceptors (Lipinski definition) is 3. The fourth-order valence-corrected chi connectivity index (χ4v) is 4.06. The van der Waals surface area contributed by atoms with Gasteiger partial charge in [0.2, 0.25) is 0 Å². The van der Waals surface area contributed by atoms with Gasteiger partial charge in [-0.3, -0.25) is 9.59 Å². The van der Waals surface area contributed by atoms with E-state index in [1.54, 1.807) is 11.8 Å². The number of hydrogen-bond donors (Lipinski definition) is 2. The number of rotatable bonds is 19. The minimum Gasteiger partial charge on any atom is -0.481 e. The molecule has 0 heterocycles. The molecular weight excluding hydrogens is 372 g/mol. The van der Waals surface area contributed by atoms with E-state index < -0.39 is 11.9 Å². The summed E-state index contributed by atoms with van der Waals surface area (Å²) < 4.78 is 0. The van der Waals surface area contributed by atoms with Crippen LogP contribution < -0.4 is 0 Å². The molecule has 0 radical (unpaired) electrons. The standard InChI is InChI=1S/C23H40O4S/c1-2-3-4-5-6-7-8-9-10-11-12-13-16-21(28-20-19-23(26)27)17-14-15-18-22(24)25/h21H,2-12,14-15,17-20H2,1H3,(H,24,25)(H,26,27). The summed E-state index contributed by atoms with van der Waals surface area (Å²) in [5.41, 5.74) is 0. The highest BCUT2D eigenvalue weighted by Gasteiger charge is 2.08. The maximum absolute atomic E-state index is 10.7. The molecule has 0 saturated carbocycles. The molecule has 0 aromatic rings. The van der Waals surface area contributed by atoms with Crippen LogP contribution in [0.3, 0.4) is 0 Å². The van der Waals surface area contributed by atoms with Crippen molar-refractivity contribution in [3.63, 3.8) is 0 Å². The first-order valence-electron chi connectivity index (χ1n) is 11.1. The molecule has 1 atom stereocenters. The quantitative estimate of drug-likeness (QED) is 0.186. The van der Waals surface area contributed by atoms with Crippen molar-refractivity contribution >= 4 is 23.7 Å². The van der Waals surface area contributed by atoms with Crippen LogP contribution in [0.2, 0.25) is 0 Å². The second kappa shape index (κ2) is 20.6. The Morgan fingerprint density at radius 3 is 1.93 bits per heavy atom. The monoisotopic (exact) mass is 412 g/mol. The molecule has 0 aliphatic carbocycles. The molecule has 28 heavy (non-hydrogen) atoms. The maximum atomic E-state index is 10.7. The summed E-state index contributed by atoms with van der Waals surface area (Å²) in [4.78, 5) is 21.3. The normalized spacial score (nSPS) is 11.6. The van der Waals surface area contributed by atoms with Gasteiger partial charge in [0.25, 0.3) is 0 Å². The lowest BCUT2D eigenvalue weighted by molar-refractivity contribution is -0.137. The van der Waals surface area contributed by atoms with Gasteiger partial charge in [-0.1, -0.05) is 77.1 Å². The zero-order valence-electron chi connectivity index (χ0n) is 17.7. The smallest absolute Gasteiger partial charge is 0.304 e. The lowest BCUT2D eigenvalue weighted by Gasteiger charge is -2.09. The number of carboxylic acid groups (broad SMARTS) is 2. The second-order valence-corrected chi connectivity index (χ2v) is 8.71. The predicted octanol–water partition coefficient (Wildman–Crippen LogP) is 6.52. The highest BCUT2D eigenvalue weighted by molar-refractivity contribution is 8.00. The number of carboxylic acids is 2. The number of thioether (sulfide) groups is 1. The van der Waals surface area contributed by atoms with Gasteiger partial charge >= 0.3 is 11.9 Å². The average molecular weight is 413 g/mol. The van der Waals surface area contributed by atoms with E-state index in [-0.39, 0.29) is 18.1 Å². The van der Waals surface area contributed by atoms with Gasteiger partial charge in [0.1, 0.15) is 0 Å². The van der Waals surface area contributed by atoms with Crippen LogP contribution in [0.5, 0.6) is 0 Å². The first kappa shape index (κ1) is 26.9. The molecule has 4 nitrogen and oxygen atoms in total. The van der Waals surface area contributed by atoms with Crippen molar-refractivity contribution in [3.8, 4) is 11.8 Å². The molecule has 1 unspecified atom stereocenters. The molecule has 2 N–H and O–H groups in total. The molecular formula is C23H40O4S. The van der Waals surface area contributed by atoms with E-state index in [0.717, 1.165) is 25.7 Å². The molecule has 0 saturated heterocycles. The molecule has 5 heteroatoms. The van der Waals surface area contributed by atoms with Crippen molar-refractivity contribution in [2.45, 2.75) is 115 Å². The van der Waals surface area contributed by atoms with E-state index >= 15 is 0 Å². The van der Waals surface area contributed by atoms with Crippen LogP contribution in [0, 0.1) is 11.8 Å². The minimum atomic E-state index is -0.782. The highest BCUT2D eigenvalue weighted by atomic mass is 32.2. The summed E-state index contributed by atoms with van der Waals surface area (Å²) in [7, 11) is 0. The Morgan fingerprint density at radius 2 is 1.36 bits per heavy atom. The third kappa shape index (κ3) is 21.2. The third-order valence-electron chi connectivity index (χ3n) is 4.66. The zero-order chi connectivity index (χ0) is 20.9. The summed E-state index contributed by atoms with van der Waals surface area (Å²) in [5.74, 6) is 5.57. The van der Waals surface area contributed by atoms with Crippen LogP contribution in [0.4, 0.5) is 0 Å². The van der Waals surface area contributed by atoms with E-state index in [0.29, 0.717) is 12.2 Å². The molecule has 0 aromatic heterocycles. The van der Waals surface area contributed by atoms with Gasteiger partial charge < -0.3 is 10.2 Å². The van der Waals surface area contributed by atoms with Crippen molar-refractivity contribution in [1.29, 1.82) is 0 Å². The maximum Gasteiger partial charge on any atom is 0.304 e. The van der Waals surface area contributed by atoms with E-state index in [2.05, 4.69) is 18.8 Å². The third-order valence-corrected chi connectivity index (χ3v) is 5.86. The number of aliphatic carboxylic acids is 2. The Kier molecular flexibility index (Phi) is 19.7. The summed E-state index contributed by atoms with van der Waals surface area (Å²) in [6, 6.07) is 0. The fourth-order valence-electron chi connectivity index (χ4n) is 2.98. The Morgan fingerprint density at radius 1 is 0.786 bits per heavy atom. The molecule has 0 aliphatic rings. The van der Waals surface area contributed by atoms with Gasteiger partial charge in [0.15, 0.2) is 0 Å². The van der Waals surface area contributed by atoms with E-state index in [9.17, 15) is 9.59 Å². The SMILES string of the molecule is CCCCCCCCCCCCC#CC(CCCCC(=O)O)SCCC(=O)O. The van der Waals surface area contributed by atoms with Gasteiger partial charge in [-0.15, -0.1) is 17.7 Å². The van der Waals surface area contributed by atoms with Crippen LogP contribution in [0.1, 0.15) is 110 Å². The summed E-state index contributed by atoms with van der Waals surface area (Å²) >= 11 is 1.59. The van der Waals surface area contributed by atoms with Crippen molar-refractivity contribution in [2.75, 3.05) is 5.75 Å². The van der Waals surface area contributed by atoms with Crippen LogP contribution >= 0.6 is 11.8 Å². The van der Waals surface area contributed by atoms with Crippen molar-refractivity contribution < 1.29 is 19.8 Å². The second-order valence-electron chi connectivity index (χ2n) is 7.40. The summed E-state index contributed by atoms with van der Waals surface area (Å²) in [5, 5.41) is 17.6. The number of carbonyl (C=O) groups is 2. The fraction of sp³-hybridized carbons (Fsp3) is 0.826. The number of unbranched alkanes of at least 4 members (excludes halogenated alkanes) is 11. The van der Waals surface area contributed by atoms with Gasteiger partial charge in [0, 0.05) is 18.6 Å². The van der Waals surface area contributed by atoms with Crippen molar-refractivity contribution in [3.05, 3.63) is 0 Å². The zero-order valence-corrected chi connectivity index (χ0v) is 18.5. The largest absolute Gasteiger partial charge is 0.481 e. The van der Waals surface area contributed by atoms with Crippen LogP contribution in [-0.4, -0.2) is 33.2 Å². The van der Waals surface area contributed by atoms with Gasteiger partial charge in [-0.2, -0.15) is 0 Å². The molecule has 0 aliphatic heterocycles. The molecule has 0 spiro atoms. The van der Waals surface area contributed by atoms with Gasteiger partial charge in [0.05, 0.1) is 11.7 Å². The molecule has 0 fully saturated rings. The first-order valence-corrected chi connectivity index (χ1v) is 12.1. The molecule has 0 aromatic carbocycles. The van der Waals surface area contributed by atoms with Crippen molar-refractivity contribution in [1.82, 2.24) is 0 Å². The Hall–Kier alpha value is -1.15. The first-order chi connectivity index (χ1) is 13.6. The lowest BCUT2D eigenvalue weighted by atomic mass is 10.1. The Balaban J connectivity index is 3.85. The van der Waals surface area contributed by atoms with Crippen LogP contribution in [0.25, 0.3) is 0 Å². The average Bonchev–Trinajstić information content (AvgIpc) is 2.65. The lowest BCUT2D eigenvalue weighted by Crippen LogP contribution is -2.04. The van der Waals surface area contributed by atoms with E-state index in [1.807, 2.05) is 0 Å². The Labute approximate surface area is 176 Å². The van der Waals surface area contributed by atoms with E-state index in [4.69, 9.17) is 10.2 Å². The highest BCUT2D eigenvalue weighted by Crippen LogP contribution is 2.19. The molecule has 0 rings (SSSR count). The van der Waals surface area contributed by atoms with Crippen molar-refractivity contribution in [2.24, 2.45) is 0 Å². The molecule has 162 valence electrons. The van der Waals surface area contributed by atoms with Gasteiger partial charge in [-0.05, 0) is 19.3 Å². The summed E-state index contributed by atoms with van der Waals surface area (Å²) in [6.07, 6.45) is 16.7. The predicted molar refractivity (Wildman–Crippen MR) is 119 cm³/mol. The van der Waals surface area contributed by atoms with Gasteiger partial charge in [-0.25, -0.2) is 0 Å². The topological polar surface area (TPSA) is 74.6 Å².